The van der Waals surface area contributed by atoms with Gasteiger partial charge in [0.1, 0.15) is 16.9 Å². The lowest BCUT2D eigenvalue weighted by molar-refractivity contribution is -0.111. The van der Waals surface area contributed by atoms with Crippen LogP contribution in [-0.2, 0) is 4.79 Å². The second-order valence-corrected chi connectivity index (χ2v) is 7.20. The van der Waals surface area contributed by atoms with Crippen LogP contribution in [0.1, 0.15) is 16.7 Å². The Kier molecular flexibility index (Phi) is 5.11. The molecule has 5 heteroatoms. The van der Waals surface area contributed by atoms with Crippen molar-refractivity contribution >= 4 is 39.6 Å². The first kappa shape index (κ1) is 19.5. The predicted molar refractivity (Wildman–Crippen MR) is 120 cm³/mol. The normalized spacial score (nSPS) is 11.3. The van der Waals surface area contributed by atoms with E-state index >= 15 is 0 Å². The molecular weight excluding hydrogens is 378 g/mol. The molecule has 150 valence electrons. The standard InChI is InChI=1S/C25H21NO4/c1-15-12-16(2)25-21(13-15)24(28)20-10-7-18(14-22(20)30-25)26-23(27)11-6-17-4-8-19(29-3)9-5-17/h4-14H,1-3H3,(H,26,27)/b11-6+. The van der Waals surface area contributed by atoms with Crippen molar-refractivity contribution in [1.29, 1.82) is 0 Å². The topological polar surface area (TPSA) is 68.5 Å². The maximum Gasteiger partial charge on any atom is 0.248 e. The average Bonchev–Trinajstić information content (AvgIpc) is 2.73. The Morgan fingerprint density at radius 3 is 2.50 bits per heavy atom. The first-order valence-electron chi connectivity index (χ1n) is 9.55. The quantitative estimate of drug-likeness (QED) is 0.377. The minimum atomic E-state index is -0.278. The Morgan fingerprint density at radius 1 is 1.00 bits per heavy atom. The molecule has 0 bridgehead atoms. The van der Waals surface area contributed by atoms with Gasteiger partial charge in [-0.3, -0.25) is 9.59 Å². The highest BCUT2D eigenvalue weighted by molar-refractivity contribution is 6.03. The number of hydrogen-bond donors (Lipinski definition) is 1. The number of benzene rings is 3. The maximum absolute atomic E-state index is 12.9. The van der Waals surface area contributed by atoms with E-state index in [4.69, 9.17) is 9.15 Å². The minimum Gasteiger partial charge on any atom is -0.497 e. The highest BCUT2D eigenvalue weighted by Crippen LogP contribution is 2.25. The Hall–Kier alpha value is -3.86. The molecule has 4 rings (SSSR count). The molecule has 5 nitrogen and oxygen atoms in total. The van der Waals surface area contributed by atoms with Crippen LogP contribution in [0.3, 0.4) is 0 Å². The van der Waals surface area contributed by atoms with Gasteiger partial charge in [0.25, 0.3) is 0 Å². The lowest BCUT2D eigenvalue weighted by Crippen LogP contribution is -2.08. The zero-order chi connectivity index (χ0) is 21.3. The van der Waals surface area contributed by atoms with E-state index in [1.807, 2.05) is 50.2 Å². The van der Waals surface area contributed by atoms with Gasteiger partial charge in [-0.25, -0.2) is 0 Å². The summed E-state index contributed by atoms with van der Waals surface area (Å²) in [5, 5.41) is 3.86. The molecule has 0 spiro atoms. The van der Waals surface area contributed by atoms with Gasteiger partial charge in [0.2, 0.25) is 11.3 Å². The Bertz CT molecular complexity index is 1350. The summed E-state index contributed by atoms with van der Waals surface area (Å²) in [5.74, 6) is 0.479. The maximum atomic E-state index is 12.9. The molecule has 0 aliphatic carbocycles. The van der Waals surface area contributed by atoms with Crippen LogP contribution in [0.5, 0.6) is 5.75 Å². The van der Waals surface area contributed by atoms with E-state index in [-0.39, 0.29) is 11.3 Å². The first-order valence-corrected chi connectivity index (χ1v) is 9.55. The van der Waals surface area contributed by atoms with Gasteiger partial charge in [-0.05, 0) is 66.9 Å². The minimum absolute atomic E-state index is 0.0738. The van der Waals surface area contributed by atoms with Crippen molar-refractivity contribution in [1.82, 2.24) is 0 Å². The molecule has 0 aliphatic rings. The van der Waals surface area contributed by atoms with Crippen molar-refractivity contribution in [2.45, 2.75) is 13.8 Å². The van der Waals surface area contributed by atoms with Gasteiger partial charge >= 0.3 is 0 Å². The highest BCUT2D eigenvalue weighted by atomic mass is 16.5. The molecule has 0 radical (unpaired) electrons. The van der Waals surface area contributed by atoms with Gasteiger partial charge < -0.3 is 14.5 Å². The number of hydrogen-bond acceptors (Lipinski definition) is 4. The van der Waals surface area contributed by atoms with E-state index < -0.39 is 0 Å². The lowest BCUT2D eigenvalue weighted by Gasteiger charge is -2.07. The number of amides is 1. The fraction of sp³-hybridized carbons (Fsp3) is 0.120. The number of nitrogens with one attached hydrogen (secondary N) is 1. The third-order valence-electron chi connectivity index (χ3n) is 4.91. The second kappa shape index (κ2) is 7.87. The molecule has 0 fully saturated rings. The number of ether oxygens (including phenoxy) is 1. The monoisotopic (exact) mass is 399 g/mol. The third-order valence-corrected chi connectivity index (χ3v) is 4.91. The molecule has 0 unspecified atom stereocenters. The summed E-state index contributed by atoms with van der Waals surface area (Å²) >= 11 is 0. The molecule has 4 aromatic rings. The molecule has 1 heterocycles. The summed E-state index contributed by atoms with van der Waals surface area (Å²) in [6, 6.07) is 16.3. The molecule has 0 saturated heterocycles. The van der Waals surface area contributed by atoms with Crippen LogP contribution < -0.4 is 15.5 Å². The largest absolute Gasteiger partial charge is 0.497 e. The smallest absolute Gasteiger partial charge is 0.248 e. The van der Waals surface area contributed by atoms with Crippen molar-refractivity contribution in [3.8, 4) is 5.75 Å². The average molecular weight is 399 g/mol. The van der Waals surface area contributed by atoms with Gasteiger partial charge in [-0.15, -0.1) is 0 Å². The molecule has 0 saturated carbocycles. The number of aryl methyl sites for hydroxylation is 2. The van der Waals surface area contributed by atoms with E-state index in [1.165, 1.54) is 6.08 Å². The van der Waals surface area contributed by atoms with Crippen LogP contribution in [0, 0.1) is 13.8 Å². The Labute approximate surface area is 173 Å². The number of rotatable bonds is 4. The van der Waals surface area contributed by atoms with Crippen LogP contribution in [0.15, 0.2) is 69.9 Å². The molecule has 30 heavy (non-hydrogen) atoms. The summed E-state index contributed by atoms with van der Waals surface area (Å²) in [6.07, 6.45) is 3.17. The molecule has 1 amide bonds. The van der Waals surface area contributed by atoms with E-state index in [0.717, 1.165) is 22.4 Å². The summed E-state index contributed by atoms with van der Waals surface area (Å²) in [7, 11) is 1.61. The molecular formula is C25H21NO4. The number of carbonyl (C=O) groups is 1. The molecule has 1 aromatic heterocycles. The van der Waals surface area contributed by atoms with E-state index in [1.54, 1.807) is 31.4 Å². The summed E-state index contributed by atoms with van der Waals surface area (Å²) < 4.78 is 11.1. The van der Waals surface area contributed by atoms with Crippen LogP contribution in [0.4, 0.5) is 5.69 Å². The fourth-order valence-corrected chi connectivity index (χ4v) is 3.46. The van der Waals surface area contributed by atoms with Crippen molar-refractivity contribution in [3.05, 3.63) is 87.6 Å². The van der Waals surface area contributed by atoms with Crippen molar-refractivity contribution < 1.29 is 13.9 Å². The number of methoxy groups -OCH3 is 1. The summed E-state index contributed by atoms with van der Waals surface area (Å²) in [6.45, 7) is 3.87. The summed E-state index contributed by atoms with van der Waals surface area (Å²) in [4.78, 5) is 25.2. The van der Waals surface area contributed by atoms with Gasteiger partial charge in [-0.1, -0.05) is 18.2 Å². The zero-order valence-corrected chi connectivity index (χ0v) is 17.0. The molecule has 3 aromatic carbocycles. The molecule has 0 aliphatic heterocycles. The van der Waals surface area contributed by atoms with Gasteiger partial charge in [0.05, 0.1) is 17.9 Å². The summed E-state index contributed by atoms with van der Waals surface area (Å²) in [5.41, 5.74) is 4.29. The van der Waals surface area contributed by atoms with E-state index in [9.17, 15) is 9.59 Å². The number of carbonyl (C=O) groups excluding carboxylic acids is 1. The van der Waals surface area contributed by atoms with Crippen LogP contribution in [-0.4, -0.2) is 13.0 Å². The lowest BCUT2D eigenvalue weighted by atomic mass is 10.1. The zero-order valence-electron chi connectivity index (χ0n) is 17.0. The predicted octanol–water partition coefficient (Wildman–Crippen LogP) is 5.22. The first-order chi connectivity index (χ1) is 14.4. The molecule has 1 N–H and O–H groups in total. The SMILES string of the molecule is COc1ccc(/C=C/C(=O)Nc2ccc3c(=O)c4cc(C)cc(C)c4oc3c2)cc1. The van der Waals surface area contributed by atoms with Gasteiger partial charge in [0, 0.05) is 17.8 Å². The van der Waals surface area contributed by atoms with Crippen molar-refractivity contribution in [2.75, 3.05) is 12.4 Å². The number of fused-ring (bicyclic) bond motifs is 2. The Balaban J connectivity index is 1.61. The second-order valence-electron chi connectivity index (χ2n) is 7.20. The van der Waals surface area contributed by atoms with Crippen LogP contribution in [0.2, 0.25) is 0 Å². The highest BCUT2D eigenvalue weighted by Gasteiger charge is 2.11. The van der Waals surface area contributed by atoms with Crippen molar-refractivity contribution in [2.24, 2.45) is 0 Å². The van der Waals surface area contributed by atoms with Gasteiger partial charge in [-0.2, -0.15) is 0 Å². The number of anilines is 1. The van der Waals surface area contributed by atoms with E-state index in [2.05, 4.69) is 5.32 Å². The Morgan fingerprint density at radius 2 is 1.77 bits per heavy atom. The fourth-order valence-electron chi connectivity index (χ4n) is 3.46. The van der Waals surface area contributed by atoms with Crippen molar-refractivity contribution in [3.63, 3.8) is 0 Å². The van der Waals surface area contributed by atoms with Crippen LogP contribution in [0.25, 0.3) is 28.0 Å². The van der Waals surface area contributed by atoms with Crippen LogP contribution >= 0.6 is 0 Å². The third kappa shape index (κ3) is 3.82. The van der Waals surface area contributed by atoms with Gasteiger partial charge in [0.15, 0.2) is 0 Å². The van der Waals surface area contributed by atoms with E-state index in [0.29, 0.717) is 27.6 Å². The molecule has 0 atom stereocenters.